The molecule has 0 aliphatic rings. The number of hydrogen-bond acceptors (Lipinski definition) is 6. The highest BCUT2D eigenvalue weighted by molar-refractivity contribution is 7.89. The normalized spacial score (nSPS) is 11.4. The minimum absolute atomic E-state index is 0.0415. The van der Waals surface area contributed by atoms with Gasteiger partial charge in [-0.2, -0.15) is 0 Å². The molecule has 0 aliphatic heterocycles. The van der Waals surface area contributed by atoms with E-state index < -0.39 is 10.0 Å². The SMILES string of the molecule is COC(=O)CCCN(C)S(=O)(=O)c1ccc(N)cc1OC. The fourth-order valence-electron chi connectivity index (χ4n) is 1.73. The van der Waals surface area contributed by atoms with Crippen LogP contribution in [0.4, 0.5) is 5.69 Å². The van der Waals surface area contributed by atoms with Crippen LogP contribution >= 0.6 is 0 Å². The van der Waals surface area contributed by atoms with E-state index in [-0.39, 0.29) is 29.6 Å². The Kier molecular flexibility index (Phi) is 5.98. The summed E-state index contributed by atoms with van der Waals surface area (Å²) in [6.07, 6.45) is 0.537. The number of nitrogens with two attached hydrogens (primary N) is 1. The van der Waals surface area contributed by atoms with Crippen LogP contribution in [0.1, 0.15) is 12.8 Å². The van der Waals surface area contributed by atoms with Crippen molar-refractivity contribution in [2.45, 2.75) is 17.7 Å². The molecule has 0 saturated heterocycles. The van der Waals surface area contributed by atoms with Gasteiger partial charge in [0.25, 0.3) is 0 Å². The smallest absolute Gasteiger partial charge is 0.305 e. The molecule has 0 fully saturated rings. The van der Waals surface area contributed by atoms with Crippen molar-refractivity contribution in [1.82, 2.24) is 4.31 Å². The summed E-state index contributed by atoms with van der Waals surface area (Å²) in [6.45, 7) is 0.199. The average Bonchev–Trinajstić information content (AvgIpc) is 2.46. The molecule has 1 aromatic rings. The highest BCUT2D eigenvalue weighted by Gasteiger charge is 2.24. The van der Waals surface area contributed by atoms with Crippen molar-refractivity contribution in [3.63, 3.8) is 0 Å². The Hall–Kier alpha value is -1.80. The first kappa shape index (κ1) is 17.3. The van der Waals surface area contributed by atoms with Gasteiger partial charge in [-0.05, 0) is 18.6 Å². The lowest BCUT2D eigenvalue weighted by atomic mass is 10.3. The number of methoxy groups -OCH3 is 2. The zero-order valence-corrected chi connectivity index (χ0v) is 13.1. The lowest BCUT2D eigenvalue weighted by Gasteiger charge is -2.18. The van der Waals surface area contributed by atoms with Gasteiger partial charge >= 0.3 is 5.97 Å². The molecule has 0 atom stereocenters. The van der Waals surface area contributed by atoms with Crippen LogP contribution in [0.5, 0.6) is 5.75 Å². The molecule has 0 spiro atoms. The van der Waals surface area contributed by atoms with E-state index in [9.17, 15) is 13.2 Å². The number of hydrogen-bond donors (Lipinski definition) is 1. The molecule has 0 aliphatic carbocycles. The van der Waals surface area contributed by atoms with E-state index in [0.29, 0.717) is 12.1 Å². The lowest BCUT2D eigenvalue weighted by molar-refractivity contribution is -0.140. The van der Waals surface area contributed by atoms with E-state index in [1.165, 1.54) is 43.8 Å². The first-order valence-electron chi connectivity index (χ1n) is 6.29. The van der Waals surface area contributed by atoms with E-state index in [2.05, 4.69) is 4.74 Å². The lowest BCUT2D eigenvalue weighted by Crippen LogP contribution is -2.28. The number of esters is 1. The summed E-state index contributed by atoms with van der Waals surface area (Å²) in [5, 5.41) is 0. The van der Waals surface area contributed by atoms with E-state index >= 15 is 0 Å². The molecule has 21 heavy (non-hydrogen) atoms. The Morgan fingerprint density at radius 3 is 2.57 bits per heavy atom. The van der Waals surface area contributed by atoms with Gasteiger partial charge in [-0.1, -0.05) is 0 Å². The first-order valence-corrected chi connectivity index (χ1v) is 7.73. The van der Waals surface area contributed by atoms with Gasteiger partial charge in [0.2, 0.25) is 10.0 Å². The van der Waals surface area contributed by atoms with Crippen molar-refractivity contribution < 1.29 is 22.7 Å². The van der Waals surface area contributed by atoms with Gasteiger partial charge in [0.1, 0.15) is 10.6 Å². The Morgan fingerprint density at radius 2 is 2.00 bits per heavy atom. The minimum atomic E-state index is -3.70. The van der Waals surface area contributed by atoms with E-state index in [1.54, 1.807) is 0 Å². The standard InChI is InChI=1S/C13H20N2O5S/c1-15(8-4-5-13(16)20-3)21(17,18)12-7-6-10(14)9-11(12)19-2/h6-7,9H,4-5,8,14H2,1-3H3. The summed E-state index contributed by atoms with van der Waals surface area (Å²) in [5.74, 6) is -0.180. The van der Waals surface area contributed by atoms with Crippen LogP contribution in [0.15, 0.2) is 23.1 Å². The van der Waals surface area contributed by atoms with Crippen LogP contribution in [0.3, 0.4) is 0 Å². The molecule has 1 rings (SSSR count). The van der Waals surface area contributed by atoms with Crippen molar-refractivity contribution in [3.8, 4) is 5.75 Å². The maximum atomic E-state index is 12.5. The number of rotatable bonds is 7. The highest BCUT2D eigenvalue weighted by Crippen LogP contribution is 2.28. The van der Waals surface area contributed by atoms with E-state index in [0.717, 1.165) is 0 Å². The molecule has 0 unspecified atom stereocenters. The monoisotopic (exact) mass is 316 g/mol. The number of sulfonamides is 1. The second-order valence-corrected chi connectivity index (χ2v) is 6.43. The molecule has 0 saturated carbocycles. The average molecular weight is 316 g/mol. The molecule has 2 N–H and O–H groups in total. The van der Waals surface area contributed by atoms with E-state index in [1.807, 2.05) is 0 Å². The molecule has 1 aromatic carbocycles. The van der Waals surface area contributed by atoms with Crippen molar-refractivity contribution in [1.29, 1.82) is 0 Å². The van der Waals surface area contributed by atoms with Crippen LogP contribution in [0, 0.1) is 0 Å². The maximum absolute atomic E-state index is 12.5. The first-order chi connectivity index (χ1) is 9.82. The third-order valence-corrected chi connectivity index (χ3v) is 4.85. The largest absolute Gasteiger partial charge is 0.495 e. The second-order valence-electron chi connectivity index (χ2n) is 4.42. The fraction of sp³-hybridized carbons (Fsp3) is 0.462. The fourth-order valence-corrected chi connectivity index (χ4v) is 3.08. The van der Waals surface area contributed by atoms with Gasteiger partial charge in [0.15, 0.2) is 0 Å². The van der Waals surface area contributed by atoms with Crippen molar-refractivity contribution in [3.05, 3.63) is 18.2 Å². The molecule has 0 heterocycles. The van der Waals surface area contributed by atoms with Crippen LogP contribution in [-0.4, -0.2) is 46.5 Å². The molecular formula is C13H20N2O5S. The predicted molar refractivity (Wildman–Crippen MR) is 78.5 cm³/mol. The van der Waals surface area contributed by atoms with Gasteiger partial charge in [-0.25, -0.2) is 12.7 Å². The third kappa shape index (κ3) is 4.33. The van der Waals surface area contributed by atoms with Crippen LogP contribution in [-0.2, 0) is 19.6 Å². The number of nitrogen functional groups attached to an aromatic ring is 1. The Morgan fingerprint density at radius 1 is 1.33 bits per heavy atom. The minimum Gasteiger partial charge on any atom is -0.495 e. The van der Waals surface area contributed by atoms with Crippen molar-refractivity contribution in [2.24, 2.45) is 0 Å². The molecular weight excluding hydrogens is 296 g/mol. The summed E-state index contributed by atoms with van der Waals surface area (Å²) in [6, 6.07) is 4.35. The molecule has 7 nitrogen and oxygen atoms in total. The molecule has 8 heteroatoms. The topological polar surface area (TPSA) is 98.9 Å². The summed E-state index contributed by atoms with van der Waals surface area (Å²) >= 11 is 0. The summed E-state index contributed by atoms with van der Waals surface area (Å²) in [5.41, 5.74) is 6.03. The summed E-state index contributed by atoms with van der Waals surface area (Å²) in [4.78, 5) is 11.1. The number of carbonyl (C=O) groups is 1. The second kappa shape index (κ2) is 7.28. The van der Waals surface area contributed by atoms with Gasteiger partial charge in [-0.15, -0.1) is 0 Å². The Bertz CT molecular complexity index is 601. The zero-order chi connectivity index (χ0) is 16.0. The van der Waals surface area contributed by atoms with Gasteiger partial charge in [-0.3, -0.25) is 4.79 Å². The zero-order valence-electron chi connectivity index (χ0n) is 12.3. The molecule has 0 bridgehead atoms. The Balaban J connectivity index is 2.87. The quantitative estimate of drug-likeness (QED) is 0.591. The number of ether oxygens (including phenoxy) is 2. The number of carbonyl (C=O) groups excluding carboxylic acids is 1. The van der Waals surface area contributed by atoms with Crippen LogP contribution < -0.4 is 10.5 Å². The Labute approximate surface area is 124 Å². The number of benzene rings is 1. The molecule has 0 radical (unpaired) electrons. The third-order valence-electron chi connectivity index (χ3n) is 2.96. The van der Waals surface area contributed by atoms with Gasteiger partial charge < -0.3 is 15.2 Å². The molecule has 0 aromatic heterocycles. The van der Waals surface area contributed by atoms with Gasteiger partial charge in [0.05, 0.1) is 14.2 Å². The molecule has 118 valence electrons. The number of nitrogens with zero attached hydrogens (tertiary/aromatic N) is 1. The van der Waals surface area contributed by atoms with Crippen LogP contribution in [0.2, 0.25) is 0 Å². The van der Waals surface area contributed by atoms with E-state index in [4.69, 9.17) is 10.5 Å². The predicted octanol–water partition coefficient (Wildman–Crippen LogP) is 0.851. The highest BCUT2D eigenvalue weighted by atomic mass is 32.2. The summed E-state index contributed by atoms with van der Waals surface area (Å²) in [7, 11) is 0.418. The van der Waals surface area contributed by atoms with Crippen LogP contribution in [0.25, 0.3) is 0 Å². The number of anilines is 1. The molecule has 0 amide bonds. The van der Waals surface area contributed by atoms with Crippen molar-refractivity contribution >= 4 is 21.7 Å². The maximum Gasteiger partial charge on any atom is 0.305 e. The summed E-state index contributed by atoms with van der Waals surface area (Å²) < 4.78 is 35.7. The van der Waals surface area contributed by atoms with Crippen molar-refractivity contribution in [2.75, 3.05) is 33.5 Å². The van der Waals surface area contributed by atoms with Gasteiger partial charge in [0, 0.05) is 31.8 Å².